The van der Waals surface area contributed by atoms with E-state index in [2.05, 4.69) is 20.4 Å². The first-order valence-corrected chi connectivity index (χ1v) is 12.4. The van der Waals surface area contributed by atoms with E-state index in [0.29, 0.717) is 48.1 Å². The Bertz CT molecular complexity index is 1590. The molecule has 12 nitrogen and oxygen atoms in total. The summed E-state index contributed by atoms with van der Waals surface area (Å²) in [6, 6.07) is 15.6. The van der Waals surface area contributed by atoms with Gasteiger partial charge in [-0.25, -0.2) is 19.6 Å². The van der Waals surface area contributed by atoms with Gasteiger partial charge < -0.3 is 14.8 Å². The van der Waals surface area contributed by atoms with Crippen LogP contribution in [-0.4, -0.2) is 55.4 Å². The number of ether oxygens (including phenoxy) is 2. The standard InChI is InChI=1S/C25H21N7O5S/c1-2-36-12-13-37-20-10-8-16(14-26-20)22-28-23(30-25(33)19-9-11-21(38-19)32(34)35)18-15-27-31(24(18)29-22)17-6-4-3-5-7-17/h3-11,14-15H,2,12-13H2,1H3,(H,28,29,30,33). The summed E-state index contributed by atoms with van der Waals surface area (Å²) in [6.45, 7) is 3.35. The normalized spacial score (nSPS) is 11.0. The molecule has 0 bridgehead atoms. The molecule has 0 aliphatic heterocycles. The number of anilines is 1. The van der Waals surface area contributed by atoms with Gasteiger partial charge in [0.25, 0.3) is 5.91 Å². The van der Waals surface area contributed by atoms with Gasteiger partial charge in [-0.3, -0.25) is 14.9 Å². The van der Waals surface area contributed by atoms with Crippen molar-refractivity contribution in [2.75, 3.05) is 25.1 Å². The first-order valence-electron chi connectivity index (χ1n) is 11.6. The van der Waals surface area contributed by atoms with Crippen molar-refractivity contribution in [1.29, 1.82) is 0 Å². The molecule has 0 fully saturated rings. The molecule has 1 aromatic carbocycles. The zero-order valence-electron chi connectivity index (χ0n) is 20.1. The summed E-state index contributed by atoms with van der Waals surface area (Å²) in [5, 5.41) is 18.6. The van der Waals surface area contributed by atoms with Gasteiger partial charge in [-0.15, -0.1) is 0 Å². The van der Waals surface area contributed by atoms with E-state index in [4.69, 9.17) is 14.5 Å². The van der Waals surface area contributed by atoms with Crippen LogP contribution in [0.1, 0.15) is 16.6 Å². The van der Waals surface area contributed by atoms with Crippen molar-refractivity contribution in [2.24, 2.45) is 0 Å². The van der Waals surface area contributed by atoms with Gasteiger partial charge in [-0.05, 0) is 31.2 Å². The molecule has 13 heteroatoms. The average molecular weight is 532 g/mol. The summed E-state index contributed by atoms with van der Waals surface area (Å²) in [7, 11) is 0. The molecule has 0 aliphatic rings. The maximum atomic E-state index is 13.0. The number of fused-ring (bicyclic) bond motifs is 1. The van der Waals surface area contributed by atoms with Crippen molar-refractivity contribution >= 4 is 39.1 Å². The Labute approximate surface area is 220 Å². The number of carbonyl (C=O) groups is 1. The number of nitrogens with one attached hydrogen (secondary N) is 1. The number of nitrogens with zero attached hydrogens (tertiary/aromatic N) is 6. The molecule has 5 rings (SSSR count). The highest BCUT2D eigenvalue weighted by Crippen LogP contribution is 2.29. The van der Waals surface area contributed by atoms with E-state index < -0.39 is 10.8 Å². The summed E-state index contributed by atoms with van der Waals surface area (Å²) in [5.74, 6) is 0.413. The maximum Gasteiger partial charge on any atom is 0.324 e. The number of benzene rings is 1. The van der Waals surface area contributed by atoms with Crippen LogP contribution in [0.15, 0.2) is 67.0 Å². The van der Waals surface area contributed by atoms with Crippen LogP contribution in [-0.2, 0) is 4.74 Å². The molecule has 1 N–H and O–H groups in total. The fourth-order valence-corrected chi connectivity index (χ4v) is 4.27. The molecule has 1 amide bonds. The molecule has 0 unspecified atom stereocenters. The van der Waals surface area contributed by atoms with Crippen molar-refractivity contribution in [3.63, 3.8) is 0 Å². The highest BCUT2D eigenvalue weighted by atomic mass is 32.1. The molecule has 0 saturated heterocycles. The van der Waals surface area contributed by atoms with E-state index in [1.54, 1.807) is 29.2 Å². The number of nitro groups is 1. The van der Waals surface area contributed by atoms with E-state index in [0.717, 1.165) is 17.0 Å². The summed E-state index contributed by atoms with van der Waals surface area (Å²) in [4.78, 5) is 37.3. The van der Waals surface area contributed by atoms with Crippen LogP contribution >= 0.6 is 11.3 Å². The SMILES string of the molecule is CCOCCOc1ccc(-c2nc(NC(=O)c3ccc([N+](=O)[O-])s3)c3cnn(-c4ccccc4)c3n2)cn1. The van der Waals surface area contributed by atoms with Gasteiger partial charge in [0.1, 0.15) is 12.4 Å². The number of rotatable bonds is 10. The van der Waals surface area contributed by atoms with E-state index in [1.807, 2.05) is 37.3 Å². The lowest BCUT2D eigenvalue weighted by Gasteiger charge is -2.09. The van der Waals surface area contributed by atoms with Gasteiger partial charge in [0, 0.05) is 30.5 Å². The number of aromatic nitrogens is 5. The van der Waals surface area contributed by atoms with E-state index in [-0.39, 0.29) is 15.7 Å². The lowest BCUT2D eigenvalue weighted by molar-refractivity contribution is -0.380. The van der Waals surface area contributed by atoms with Crippen LogP contribution in [0.4, 0.5) is 10.8 Å². The lowest BCUT2D eigenvalue weighted by atomic mass is 10.2. The van der Waals surface area contributed by atoms with Crippen molar-refractivity contribution in [3.05, 3.63) is 82.0 Å². The third kappa shape index (κ3) is 5.33. The largest absolute Gasteiger partial charge is 0.475 e. The fraction of sp³-hybridized carbons (Fsp3) is 0.160. The van der Waals surface area contributed by atoms with Crippen LogP contribution in [0.25, 0.3) is 28.1 Å². The number of hydrogen-bond acceptors (Lipinski definition) is 10. The summed E-state index contributed by atoms with van der Waals surface area (Å²) >= 11 is 0.779. The summed E-state index contributed by atoms with van der Waals surface area (Å²) in [6.07, 6.45) is 3.14. The average Bonchev–Trinajstić information content (AvgIpc) is 3.60. The summed E-state index contributed by atoms with van der Waals surface area (Å²) < 4.78 is 12.5. The minimum Gasteiger partial charge on any atom is -0.475 e. The van der Waals surface area contributed by atoms with Crippen molar-refractivity contribution in [2.45, 2.75) is 6.92 Å². The Kier molecular flexibility index (Phi) is 7.28. The highest BCUT2D eigenvalue weighted by Gasteiger charge is 2.20. The van der Waals surface area contributed by atoms with Crippen molar-refractivity contribution in [1.82, 2.24) is 24.7 Å². The number of pyridine rings is 1. The van der Waals surface area contributed by atoms with Crippen LogP contribution in [0.5, 0.6) is 5.88 Å². The van der Waals surface area contributed by atoms with Crippen LogP contribution in [0, 0.1) is 10.1 Å². The number of carbonyl (C=O) groups excluding carboxylic acids is 1. The molecule has 0 saturated carbocycles. The molecule has 38 heavy (non-hydrogen) atoms. The van der Waals surface area contributed by atoms with Crippen LogP contribution in [0.3, 0.4) is 0 Å². The zero-order chi connectivity index (χ0) is 26.5. The van der Waals surface area contributed by atoms with Crippen molar-refractivity contribution < 1.29 is 19.2 Å². The van der Waals surface area contributed by atoms with Crippen LogP contribution < -0.4 is 10.1 Å². The maximum absolute atomic E-state index is 13.0. The van der Waals surface area contributed by atoms with Gasteiger partial charge in [-0.2, -0.15) is 5.10 Å². The lowest BCUT2D eigenvalue weighted by Crippen LogP contribution is -2.13. The predicted molar refractivity (Wildman–Crippen MR) is 141 cm³/mol. The molecule has 0 atom stereocenters. The van der Waals surface area contributed by atoms with Gasteiger partial charge in [-0.1, -0.05) is 29.5 Å². The minimum atomic E-state index is -0.538. The number of amides is 1. The Hall–Kier alpha value is -4.75. The molecule has 4 heterocycles. The van der Waals surface area contributed by atoms with Gasteiger partial charge in [0.15, 0.2) is 11.5 Å². The van der Waals surface area contributed by atoms with Gasteiger partial charge in [0.05, 0.1) is 33.7 Å². The van der Waals surface area contributed by atoms with E-state index in [1.165, 1.54) is 12.1 Å². The third-order valence-electron chi connectivity index (χ3n) is 5.33. The topological polar surface area (TPSA) is 147 Å². The second-order valence-corrected chi connectivity index (χ2v) is 8.87. The Morgan fingerprint density at radius 1 is 1.08 bits per heavy atom. The number of para-hydroxylation sites is 1. The summed E-state index contributed by atoms with van der Waals surface area (Å²) in [5.41, 5.74) is 1.83. The molecule has 5 aromatic rings. The first-order chi connectivity index (χ1) is 18.5. The molecular weight excluding hydrogens is 510 g/mol. The third-order valence-corrected chi connectivity index (χ3v) is 6.37. The molecule has 0 spiro atoms. The monoisotopic (exact) mass is 531 g/mol. The van der Waals surface area contributed by atoms with Crippen LogP contribution in [0.2, 0.25) is 0 Å². The predicted octanol–water partition coefficient (Wildman–Crippen LogP) is 4.51. The Morgan fingerprint density at radius 3 is 2.63 bits per heavy atom. The first kappa shape index (κ1) is 24.9. The number of hydrogen-bond donors (Lipinski definition) is 1. The minimum absolute atomic E-state index is 0.129. The zero-order valence-corrected chi connectivity index (χ0v) is 20.9. The van der Waals surface area contributed by atoms with Gasteiger partial charge >= 0.3 is 5.00 Å². The van der Waals surface area contributed by atoms with E-state index in [9.17, 15) is 14.9 Å². The van der Waals surface area contributed by atoms with Gasteiger partial charge in [0.2, 0.25) is 5.88 Å². The Morgan fingerprint density at radius 2 is 1.92 bits per heavy atom. The fourth-order valence-electron chi connectivity index (χ4n) is 3.56. The smallest absolute Gasteiger partial charge is 0.324 e. The molecule has 192 valence electrons. The molecule has 0 radical (unpaired) electrons. The highest BCUT2D eigenvalue weighted by molar-refractivity contribution is 7.17. The second kappa shape index (κ2) is 11.1. The Balaban J connectivity index is 1.51. The molecular formula is C25H21N7O5S. The number of thiophene rings is 1. The van der Waals surface area contributed by atoms with Crippen molar-refractivity contribution in [3.8, 4) is 23.0 Å². The molecule has 0 aliphatic carbocycles. The van der Waals surface area contributed by atoms with E-state index >= 15 is 0 Å². The quantitative estimate of drug-likeness (QED) is 0.156. The molecule has 4 aromatic heterocycles. The second-order valence-electron chi connectivity index (χ2n) is 7.80.